The Morgan fingerprint density at radius 1 is 0.444 bits per heavy atom. The summed E-state index contributed by atoms with van der Waals surface area (Å²) in [6.45, 7) is 8.43. The molecule has 54 heavy (non-hydrogen) atoms. The monoisotopic (exact) mass is 702 g/mol. The maximum Gasteiger partial charge on any atom is 0.0630 e. The highest BCUT2D eigenvalue weighted by Crippen LogP contribution is 2.30. The number of benzene rings is 7. The molecule has 0 aromatic heterocycles. The SMILES string of the molecule is Cc1ccc(NC(=Cc2ccccc2Nc2ccc(C)cc2)c2ccc(C=Cc3ccc(N(Nc4ccc(C)cc4)c4ccc(C)cc4)cc3)cc2)cc1. The molecule has 0 bridgehead atoms. The van der Waals surface area contributed by atoms with Crippen molar-refractivity contribution in [3.8, 4) is 0 Å². The second-order valence-electron chi connectivity index (χ2n) is 13.8. The Labute approximate surface area is 320 Å². The van der Waals surface area contributed by atoms with E-state index in [0.29, 0.717) is 0 Å². The zero-order valence-electron chi connectivity index (χ0n) is 31.3. The number of nitrogens with one attached hydrogen (secondary N) is 3. The van der Waals surface area contributed by atoms with Crippen LogP contribution in [0.3, 0.4) is 0 Å². The third-order valence-electron chi connectivity index (χ3n) is 9.35. The zero-order valence-corrected chi connectivity index (χ0v) is 31.3. The van der Waals surface area contributed by atoms with Crippen LogP contribution in [0.25, 0.3) is 23.9 Å². The van der Waals surface area contributed by atoms with Crippen molar-refractivity contribution >= 4 is 58.0 Å². The van der Waals surface area contributed by atoms with Crippen LogP contribution in [-0.4, -0.2) is 0 Å². The fourth-order valence-electron chi connectivity index (χ4n) is 6.10. The highest BCUT2D eigenvalue weighted by molar-refractivity contribution is 5.91. The molecule has 7 aromatic rings. The lowest BCUT2D eigenvalue weighted by Gasteiger charge is -2.27. The van der Waals surface area contributed by atoms with Crippen molar-refractivity contribution in [2.75, 3.05) is 21.1 Å². The van der Waals surface area contributed by atoms with Crippen LogP contribution >= 0.6 is 0 Å². The third kappa shape index (κ3) is 9.36. The van der Waals surface area contributed by atoms with E-state index in [1.807, 2.05) is 0 Å². The Morgan fingerprint density at radius 3 is 1.44 bits per heavy atom. The number of hydrazine groups is 1. The first-order chi connectivity index (χ1) is 26.3. The fourth-order valence-corrected chi connectivity index (χ4v) is 6.10. The molecule has 0 aliphatic heterocycles. The molecule has 0 unspecified atom stereocenters. The van der Waals surface area contributed by atoms with Crippen LogP contribution in [-0.2, 0) is 0 Å². The molecule has 0 aliphatic carbocycles. The third-order valence-corrected chi connectivity index (χ3v) is 9.35. The molecule has 0 atom stereocenters. The molecule has 266 valence electrons. The van der Waals surface area contributed by atoms with Gasteiger partial charge in [0.1, 0.15) is 0 Å². The number of hydrogen-bond acceptors (Lipinski definition) is 4. The van der Waals surface area contributed by atoms with Crippen LogP contribution in [0.4, 0.5) is 34.1 Å². The maximum absolute atomic E-state index is 3.70. The van der Waals surface area contributed by atoms with E-state index < -0.39 is 0 Å². The topological polar surface area (TPSA) is 39.3 Å². The molecule has 3 N–H and O–H groups in total. The molecule has 0 amide bonds. The molecule has 0 saturated heterocycles. The standard InChI is InChI=1S/C50H46N4/c1-36-9-25-44(26-10-36)51-49-8-6-5-7-43(49)35-50(52-45-27-11-37(2)12-28-45)42-23-19-40(20-24-42)17-18-41-21-33-48(34-22-41)54(47-31-15-39(4)16-32-47)53-46-29-13-38(3)14-30-46/h5-35,51-53H,1-4H3. The van der Waals surface area contributed by atoms with E-state index in [1.165, 1.54) is 22.3 Å². The van der Waals surface area contributed by atoms with Gasteiger partial charge in [0.25, 0.3) is 0 Å². The highest BCUT2D eigenvalue weighted by atomic mass is 15.5. The molecule has 7 rings (SSSR count). The Bertz CT molecular complexity index is 2340. The average molecular weight is 703 g/mol. The molecule has 0 spiro atoms. The fraction of sp³-hybridized carbons (Fsp3) is 0.0800. The van der Waals surface area contributed by atoms with Crippen molar-refractivity contribution in [3.05, 3.63) is 214 Å². The summed E-state index contributed by atoms with van der Waals surface area (Å²) < 4.78 is 0. The Morgan fingerprint density at radius 2 is 0.889 bits per heavy atom. The van der Waals surface area contributed by atoms with E-state index in [1.54, 1.807) is 0 Å². The molecule has 0 saturated carbocycles. The number of anilines is 6. The summed E-state index contributed by atoms with van der Waals surface area (Å²) in [6.07, 6.45) is 6.55. The van der Waals surface area contributed by atoms with Crippen LogP contribution in [0.15, 0.2) is 170 Å². The zero-order chi connectivity index (χ0) is 37.3. The number of rotatable bonds is 12. The van der Waals surface area contributed by atoms with Crippen molar-refractivity contribution in [1.29, 1.82) is 0 Å². The van der Waals surface area contributed by atoms with Crippen molar-refractivity contribution in [3.63, 3.8) is 0 Å². The predicted octanol–water partition coefficient (Wildman–Crippen LogP) is 13.6. The summed E-state index contributed by atoms with van der Waals surface area (Å²) in [7, 11) is 0. The van der Waals surface area contributed by atoms with Crippen LogP contribution in [0.5, 0.6) is 0 Å². The molecule has 4 heteroatoms. The van der Waals surface area contributed by atoms with Gasteiger partial charge in [-0.1, -0.05) is 138 Å². The second kappa shape index (κ2) is 16.7. The first-order valence-electron chi connectivity index (χ1n) is 18.4. The Balaban J connectivity index is 1.11. The van der Waals surface area contributed by atoms with Gasteiger partial charge in [-0.15, -0.1) is 0 Å². The molecule has 0 radical (unpaired) electrons. The van der Waals surface area contributed by atoms with Gasteiger partial charge in [-0.05, 0) is 117 Å². The van der Waals surface area contributed by atoms with Gasteiger partial charge in [0.2, 0.25) is 0 Å². The van der Waals surface area contributed by atoms with Gasteiger partial charge in [0, 0.05) is 28.3 Å². The smallest absolute Gasteiger partial charge is 0.0630 e. The lowest BCUT2D eigenvalue weighted by molar-refractivity contribution is 1.16. The number of para-hydroxylation sites is 1. The minimum Gasteiger partial charge on any atom is -0.355 e. The summed E-state index contributed by atoms with van der Waals surface area (Å²) in [5.74, 6) is 0. The molecule has 0 heterocycles. The molecular formula is C50H46N4. The van der Waals surface area contributed by atoms with Gasteiger partial charge in [-0.2, -0.15) is 0 Å². The summed E-state index contributed by atoms with van der Waals surface area (Å²) in [6, 6.07) is 59.8. The van der Waals surface area contributed by atoms with Crippen molar-refractivity contribution in [1.82, 2.24) is 0 Å². The summed E-state index contributed by atoms with van der Waals surface area (Å²) in [5.41, 5.74) is 20.3. The van der Waals surface area contributed by atoms with Crippen LogP contribution in [0.2, 0.25) is 0 Å². The van der Waals surface area contributed by atoms with Crippen molar-refractivity contribution < 1.29 is 0 Å². The number of aryl methyl sites for hydroxylation is 4. The normalized spacial score (nSPS) is 11.4. The predicted molar refractivity (Wildman–Crippen MR) is 234 cm³/mol. The average Bonchev–Trinajstić information content (AvgIpc) is 3.20. The van der Waals surface area contributed by atoms with Crippen LogP contribution < -0.4 is 21.1 Å². The maximum atomic E-state index is 3.70. The first kappa shape index (κ1) is 35.6. The molecule has 0 aliphatic rings. The van der Waals surface area contributed by atoms with Gasteiger partial charge in [0.05, 0.1) is 17.1 Å². The van der Waals surface area contributed by atoms with Crippen molar-refractivity contribution in [2.45, 2.75) is 27.7 Å². The van der Waals surface area contributed by atoms with E-state index >= 15 is 0 Å². The van der Waals surface area contributed by atoms with Gasteiger partial charge in [-0.3, -0.25) is 10.4 Å². The lowest BCUT2D eigenvalue weighted by Crippen LogP contribution is -2.24. The summed E-state index contributed by atoms with van der Waals surface area (Å²) >= 11 is 0. The van der Waals surface area contributed by atoms with E-state index in [-0.39, 0.29) is 0 Å². The van der Waals surface area contributed by atoms with E-state index in [2.05, 4.69) is 237 Å². The lowest BCUT2D eigenvalue weighted by atomic mass is 10.0. The molecule has 0 fully saturated rings. The van der Waals surface area contributed by atoms with Gasteiger partial charge < -0.3 is 10.6 Å². The number of nitrogens with zero attached hydrogens (tertiary/aromatic N) is 1. The van der Waals surface area contributed by atoms with Crippen LogP contribution in [0.1, 0.15) is 44.5 Å². The molecule has 7 aromatic carbocycles. The van der Waals surface area contributed by atoms with E-state index in [9.17, 15) is 0 Å². The highest BCUT2D eigenvalue weighted by Gasteiger charge is 2.11. The van der Waals surface area contributed by atoms with Crippen molar-refractivity contribution in [2.24, 2.45) is 0 Å². The van der Waals surface area contributed by atoms with Gasteiger partial charge in [0.15, 0.2) is 0 Å². The Hall–Kier alpha value is -6.78. The molecule has 4 nitrogen and oxygen atoms in total. The van der Waals surface area contributed by atoms with E-state index in [0.717, 1.165) is 62.1 Å². The summed E-state index contributed by atoms with van der Waals surface area (Å²) in [4.78, 5) is 0. The second-order valence-corrected chi connectivity index (χ2v) is 13.8. The first-order valence-corrected chi connectivity index (χ1v) is 18.4. The largest absolute Gasteiger partial charge is 0.355 e. The van der Waals surface area contributed by atoms with Gasteiger partial charge in [-0.25, -0.2) is 0 Å². The van der Waals surface area contributed by atoms with E-state index in [4.69, 9.17) is 0 Å². The Kier molecular flexibility index (Phi) is 11.0. The minimum absolute atomic E-state index is 1.01. The summed E-state index contributed by atoms with van der Waals surface area (Å²) in [5, 5.41) is 9.44. The van der Waals surface area contributed by atoms with Crippen LogP contribution in [0, 0.1) is 27.7 Å². The molecular weight excluding hydrogens is 657 g/mol. The minimum atomic E-state index is 1.01. The quantitative estimate of drug-likeness (QED) is 0.0875. The number of hydrogen-bond donors (Lipinski definition) is 3. The van der Waals surface area contributed by atoms with Gasteiger partial charge >= 0.3 is 0 Å².